The normalized spacial score (nSPS) is 30.7. The van der Waals surface area contributed by atoms with Crippen LogP contribution in [-0.4, -0.2) is 71.6 Å². The number of rotatable bonds is 3. The Labute approximate surface area is 138 Å². The molecule has 0 unspecified atom stereocenters. The van der Waals surface area contributed by atoms with Gasteiger partial charge < -0.3 is 20.2 Å². The van der Waals surface area contributed by atoms with E-state index in [2.05, 4.69) is 19.2 Å². The Hall–Kier alpha value is -1.14. The molecule has 0 aromatic rings. The van der Waals surface area contributed by atoms with Gasteiger partial charge in [-0.05, 0) is 25.2 Å². The zero-order valence-electron chi connectivity index (χ0n) is 14.3. The molecule has 0 aliphatic carbocycles. The molecule has 3 heterocycles. The molecule has 3 aliphatic rings. The van der Waals surface area contributed by atoms with E-state index in [-0.39, 0.29) is 23.3 Å². The minimum absolute atomic E-state index is 0.0748. The molecule has 1 spiro atoms. The second-order valence-corrected chi connectivity index (χ2v) is 8.02. The highest BCUT2D eigenvalue weighted by Gasteiger charge is 2.46. The summed E-state index contributed by atoms with van der Waals surface area (Å²) >= 11 is 0. The molecule has 23 heavy (non-hydrogen) atoms. The summed E-state index contributed by atoms with van der Waals surface area (Å²) in [6, 6.07) is -0.235. The summed E-state index contributed by atoms with van der Waals surface area (Å²) in [6.45, 7) is 7.95. The van der Waals surface area contributed by atoms with Crippen LogP contribution in [-0.2, 0) is 9.59 Å². The number of hydrogen-bond acceptors (Lipinski definition) is 4. The van der Waals surface area contributed by atoms with Gasteiger partial charge in [-0.15, -0.1) is 0 Å². The molecule has 0 radical (unpaired) electrons. The lowest BCUT2D eigenvalue weighted by atomic mass is 9.77. The molecule has 2 amide bonds. The number of amides is 2. The molecule has 2 N–H and O–H groups in total. The minimum atomic E-state index is -0.405. The van der Waals surface area contributed by atoms with Crippen molar-refractivity contribution in [2.24, 2.45) is 11.3 Å². The van der Waals surface area contributed by atoms with Gasteiger partial charge in [-0.3, -0.25) is 9.59 Å². The summed E-state index contributed by atoms with van der Waals surface area (Å²) in [6.07, 6.45) is 2.57. The smallest absolute Gasteiger partial charge is 0.239 e. The molecule has 2 atom stereocenters. The number of hydrogen-bond donors (Lipinski definition) is 2. The van der Waals surface area contributed by atoms with Crippen LogP contribution in [0.1, 0.15) is 39.5 Å². The van der Waals surface area contributed by atoms with Crippen molar-refractivity contribution in [2.45, 2.75) is 51.7 Å². The van der Waals surface area contributed by atoms with Crippen molar-refractivity contribution in [3.05, 3.63) is 0 Å². The molecule has 3 saturated heterocycles. The standard InChI is InChI=1S/C17H29N3O3/c1-12(2)10-20-11-17(8-15(20)22)3-5-19(6-4-17)16(23)14-7-13(21)9-18-14/h12-14,18,21H,3-11H2,1-2H3/t13-,14+/m1/s1. The predicted molar refractivity (Wildman–Crippen MR) is 86.7 cm³/mol. The lowest BCUT2D eigenvalue weighted by Gasteiger charge is -2.39. The van der Waals surface area contributed by atoms with E-state index in [0.717, 1.165) is 39.0 Å². The fraction of sp³-hybridized carbons (Fsp3) is 0.882. The zero-order chi connectivity index (χ0) is 16.6. The van der Waals surface area contributed by atoms with Gasteiger partial charge in [0.25, 0.3) is 0 Å². The molecule has 0 aromatic heterocycles. The topological polar surface area (TPSA) is 72.9 Å². The number of nitrogens with one attached hydrogen (secondary N) is 1. The highest BCUT2D eigenvalue weighted by atomic mass is 16.3. The molecule has 6 heteroatoms. The Balaban J connectivity index is 1.54. The molecular weight excluding hydrogens is 294 g/mol. The Bertz CT molecular complexity index is 472. The molecule has 130 valence electrons. The number of β-amino-alcohol motifs (C(OH)–C–C–N with tert-alkyl or cyclic N) is 1. The van der Waals surface area contributed by atoms with E-state index in [0.29, 0.717) is 25.3 Å². The molecule has 0 saturated carbocycles. The molecule has 0 bridgehead atoms. The summed E-state index contributed by atoms with van der Waals surface area (Å²) in [4.78, 5) is 28.7. The van der Waals surface area contributed by atoms with Crippen LogP contribution in [0, 0.1) is 11.3 Å². The second-order valence-electron chi connectivity index (χ2n) is 8.02. The van der Waals surface area contributed by atoms with Gasteiger partial charge in [0.2, 0.25) is 11.8 Å². The van der Waals surface area contributed by atoms with Gasteiger partial charge in [0, 0.05) is 44.6 Å². The third-order valence-corrected chi connectivity index (χ3v) is 5.53. The van der Waals surface area contributed by atoms with Crippen LogP contribution >= 0.6 is 0 Å². The first-order chi connectivity index (χ1) is 10.9. The van der Waals surface area contributed by atoms with Gasteiger partial charge in [0.15, 0.2) is 0 Å². The van der Waals surface area contributed by atoms with Crippen LogP contribution < -0.4 is 5.32 Å². The highest BCUT2D eigenvalue weighted by Crippen LogP contribution is 2.41. The largest absolute Gasteiger partial charge is 0.392 e. The summed E-state index contributed by atoms with van der Waals surface area (Å²) in [5, 5.41) is 12.7. The number of aliphatic hydroxyl groups is 1. The number of carbonyl (C=O) groups excluding carboxylic acids is 2. The first-order valence-corrected chi connectivity index (χ1v) is 8.86. The summed E-state index contributed by atoms with van der Waals surface area (Å²) < 4.78 is 0. The Morgan fingerprint density at radius 1 is 1.39 bits per heavy atom. The average Bonchev–Trinajstić information content (AvgIpc) is 3.04. The third-order valence-electron chi connectivity index (χ3n) is 5.53. The van der Waals surface area contributed by atoms with E-state index >= 15 is 0 Å². The van der Waals surface area contributed by atoms with Crippen molar-refractivity contribution in [3.8, 4) is 0 Å². The first kappa shape index (κ1) is 16.7. The summed E-state index contributed by atoms with van der Waals surface area (Å²) in [7, 11) is 0. The quantitative estimate of drug-likeness (QED) is 0.779. The maximum atomic E-state index is 12.5. The van der Waals surface area contributed by atoms with Gasteiger partial charge in [-0.25, -0.2) is 0 Å². The molecular formula is C17H29N3O3. The first-order valence-electron chi connectivity index (χ1n) is 8.86. The van der Waals surface area contributed by atoms with Crippen molar-refractivity contribution in [2.75, 3.05) is 32.7 Å². The van der Waals surface area contributed by atoms with Gasteiger partial charge in [-0.1, -0.05) is 13.8 Å². The Morgan fingerprint density at radius 2 is 2.09 bits per heavy atom. The van der Waals surface area contributed by atoms with Gasteiger partial charge in [0.05, 0.1) is 12.1 Å². The van der Waals surface area contributed by atoms with Crippen LogP contribution in [0.15, 0.2) is 0 Å². The van der Waals surface area contributed by atoms with E-state index in [1.807, 2.05) is 9.80 Å². The van der Waals surface area contributed by atoms with Gasteiger partial charge in [0.1, 0.15) is 0 Å². The van der Waals surface area contributed by atoms with Crippen molar-refractivity contribution < 1.29 is 14.7 Å². The predicted octanol–water partition coefficient (Wildman–Crippen LogP) is 0.206. The maximum Gasteiger partial charge on any atom is 0.239 e. The lowest BCUT2D eigenvalue weighted by molar-refractivity contribution is -0.135. The highest BCUT2D eigenvalue weighted by molar-refractivity contribution is 5.83. The second kappa shape index (κ2) is 6.40. The van der Waals surface area contributed by atoms with Crippen molar-refractivity contribution in [1.82, 2.24) is 15.1 Å². The van der Waals surface area contributed by atoms with Crippen molar-refractivity contribution in [1.29, 1.82) is 0 Å². The van der Waals surface area contributed by atoms with Gasteiger partial charge in [-0.2, -0.15) is 0 Å². The summed E-state index contributed by atoms with van der Waals surface area (Å²) in [5.41, 5.74) is 0.0748. The van der Waals surface area contributed by atoms with E-state index < -0.39 is 6.10 Å². The third kappa shape index (κ3) is 3.53. The molecule has 3 rings (SSSR count). The maximum absolute atomic E-state index is 12.5. The van der Waals surface area contributed by atoms with Crippen LogP contribution in [0.4, 0.5) is 0 Å². The Morgan fingerprint density at radius 3 is 2.65 bits per heavy atom. The van der Waals surface area contributed by atoms with E-state index in [4.69, 9.17) is 0 Å². The van der Waals surface area contributed by atoms with E-state index in [1.54, 1.807) is 0 Å². The molecule has 3 aliphatic heterocycles. The number of piperidine rings is 1. The summed E-state index contributed by atoms with van der Waals surface area (Å²) in [5.74, 6) is 0.884. The van der Waals surface area contributed by atoms with Crippen LogP contribution in [0.3, 0.4) is 0 Å². The van der Waals surface area contributed by atoms with Gasteiger partial charge >= 0.3 is 0 Å². The molecule has 3 fully saturated rings. The van der Waals surface area contributed by atoms with E-state index in [9.17, 15) is 14.7 Å². The number of carbonyl (C=O) groups is 2. The minimum Gasteiger partial charge on any atom is -0.392 e. The number of nitrogens with zero attached hydrogens (tertiary/aromatic N) is 2. The molecule has 6 nitrogen and oxygen atoms in total. The van der Waals surface area contributed by atoms with Crippen LogP contribution in [0.25, 0.3) is 0 Å². The fourth-order valence-corrected chi connectivity index (χ4v) is 4.25. The number of aliphatic hydroxyl groups excluding tert-OH is 1. The zero-order valence-corrected chi connectivity index (χ0v) is 14.3. The average molecular weight is 323 g/mol. The van der Waals surface area contributed by atoms with E-state index in [1.165, 1.54) is 0 Å². The monoisotopic (exact) mass is 323 g/mol. The Kier molecular flexibility index (Phi) is 4.65. The fourth-order valence-electron chi connectivity index (χ4n) is 4.25. The van der Waals surface area contributed by atoms with Crippen LogP contribution in [0.2, 0.25) is 0 Å². The van der Waals surface area contributed by atoms with Crippen LogP contribution in [0.5, 0.6) is 0 Å². The molecule has 0 aromatic carbocycles. The number of likely N-dealkylation sites (tertiary alicyclic amines) is 2. The van der Waals surface area contributed by atoms with Crippen molar-refractivity contribution >= 4 is 11.8 Å². The lowest BCUT2D eigenvalue weighted by Crippen LogP contribution is -2.49. The SMILES string of the molecule is CC(C)CN1CC2(CCN(C(=O)[C@@H]3C[C@@H](O)CN3)CC2)CC1=O. The van der Waals surface area contributed by atoms with Crippen molar-refractivity contribution in [3.63, 3.8) is 0 Å².